The van der Waals surface area contributed by atoms with Gasteiger partial charge in [0.05, 0.1) is 17.6 Å². The average molecular weight is 331 g/mol. The van der Waals surface area contributed by atoms with Gasteiger partial charge in [-0.15, -0.1) is 0 Å². The Hall–Kier alpha value is -3.42. The van der Waals surface area contributed by atoms with Gasteiger partial charge in [0.15, 0.2) is 5.75 Å². The zero-order valence-electron chi connectivity index (χ0n) is 12.6. The Kier molecular flexibility index (Phi) is 5.10. The third kappa shape index (κ3) is 3.67. The molecular weight excluding hydrogens is 318 g/mol. The summed E-state index contributed by atoms with van der Waals surface area (Å²) in [6.45, 7) is -0.130. The Morgan fingerprint density at radius 3 is 2.58 bits per heavy atom. The van der Waals surface area contributed by atoms with Gasteiger partial charge in [-0.05, 0) is 24.3 Å². The standard InChI is InChI=1S/C16H13NO7/c1-23-14-5-2-10(8-18)6-12(14)9-24-15-7-11(16(19)20)3-4-13(15)17(21)22/h2-8H,9H2,1H3,(H,19,20). The summed E-state index contributed by atoms with van der Waals surface area (Å²) in [4.78, 5) is 32.2. The van der Waals surface area contributed by atoms with Gasteiger partial charge in [-0.2, -0.15) is 0 Å². The summed E-state index contributed by atoms with van der Waals surface area (Å²) in [5, 5.41) is 20.0. The molecule has 0 fully saturated rings. The van der Waals surface area contributed by atoms with E-state index in [4.69, 9.17) is 14.6 Å². The van der Waals surface area contributed by atoms with E-state index in [2.05, 4.69) is 0 Å². The first-order valence-corrected chi connectivity index (χ1v) is 6.73. The third-order valence-electron chi connectivity index (χ3n) is 3.23. The van der Waals surface area contributed by atoms with Crippen LogP contribution in [-0.4, -0.2) is 29.4 Å². The Balaban J connectivity index is 2.34. The van der Waals surface area contributed by atoms with Crippen LogP contribution in [0.15, 0.2) is 36.4 Å². The van der Waals surface area contributed by atoms with Crippen molar-refractivity contribution in [3.05, 3.63) is 63.2 Å². The summed E-state index contributed by atoms with van der Waals surface area (Å²) in [5.41, 5.74) is 0.398. The molecule has 2 aromatic carbocycles. The maximum atomic E-state index is 11.0. The lowest BCUT2D eigenvalue weighted by atomic mass is 10.1. The summed E-state index contributed by atoms with van der Waals surface area (Å²) in [6.07, 6.45) is 0.649. The van der Waals surface area contributed by atoms with Crippen LogP contribution >= 0.6 is 0 Å². The second-order valence-electron chi connectivity index (χ2n) is 4.72. The summed E-state index contributed by atoms with van der Waals surface area (Å²) >= 11 is 0. The van der Waals surface area contributed by atoms with E-state index in [1.54, 1.807) is 12.1 Å². The number of carboxylic acids is 1. The van der Waals surface area contributed by atoms with Crippen molar-refractivity contribution in [1.82, 2.24) is 0 Å². The molecule has 2 aromatic rings. The lowest BCUT2D eigenvalue weighted by Gasteiger charge is -2.11. The molecule has 1 N–H and O–H groups in total. The van der Waals surface area contributed by atoms with Gasteiger partial charge in [0.2, 0.25) is 0 Å². The number of aldehydes is 1. The topological polar surface area (TPSA) is 116 Å². The molecule has 0 aromatic heterocycles. The second kappa shape index (κ2) is 7.23. The largest absolute Gasteiger partial charge is 0.496 e. The molecule has 0 heterocycles. The number of methoxy groups -OCH3 is 1. The molecule has 0 saturated heterocycles. The number of nitro benzene ring substituents is 1. The quantitative estimate of drug-likeness (QED) is 0.471. The highest BCUT2D eigenvalue weighted by molar-refractivity contribution is 5.88. The number of aromatic carboxylic acids is 1. The van der Waals surface area contributed by atoms with Gasteiger partial charge < -0.3 is 14.6 Å². The number of nitrogens with zero attached hydrogens (tertiary/aromatic N) is 1. The van der Waals surface area contributed by atoms with E-state index in [9.17, 15) is 19.7 Å². The molecular formula is C16H13NO7. The molecule has 0 unspecified atom stereocenters. The molecule has 0 aliphatic heterocycles. The van der Waals surface area contributed by atoms with Crippen LogP contribution in [-0.2, 0) is 6.61 Å². The average Bonchev–Trinajstić information content (AvgIpc) is 2.59. The fraction of sp³-hybridized carbons (Fsp3) is 0.125. The van der Waals surface area contributed by atoms with Gasteiger partial charge in [0.1, 0.15) is 18.6 Å². The number of benzene rings is 2. The maximum Gasteiger partial charge on any atom is 0.335 e. The monoisotopic (exact) mass is 331 g/mol. The van der Waals surface area contributed by atoms with Crippen LogP contribution < -0.4 is 9.47 Å². The normalized spacial score (nSPS) is 10.0. The first-order chi connectivity index (χ1) is 11.5. The molecule has 0 atom stereocenters. The molecule has 0 amide bonds. The molecule has 124 valence electrons. The summed E-state index contributed by atoms with van der Waals surface area (Å²) in [5.74, 6) is -0.966. The molecule has 24 heavy (non-hydrogen) atoms. The van der Waals surface area contributed by atoms with Crippen LogP contribution in [0.3, 0.4) is 0 Å². The Labute approximate surface area is 136 Å². The van der Waals surface area contributed by atoms with Crippen molar-refractivity contribution >= 4 is 17.9 Å². The molecule has 0 spiro atoms. The smallest absolute Gasteiger partial charge is 0.335 e. The maximum absolute atomic E-state index is 11.0. The van der Waals surface area contributed by atoms with Crippen molar-refractivity contribution < 1.29 is 29.1 Å². The minimum Gasteiger partial charge on any atom is -0.496 e. The van der Waals surface area contributed by atoms with Gasteiger partial charge in [0, 0.05) is 23.3 Å². The van der Waals surface area contributed by atoms with E-state index in [-0.39, 0.29) is 23.6 Å². The number of ether oxygens (including phenoxy) is 2. The first kappa shape index (κ1) is 16.9. The molecule has 0 bridgehead atoms. The zero-order chi connectivity index (χ0) is 17.7. The van der Waals surface area contributed by atoms with Crippen LogP contribution in [0.25, 0.3) is 0 Å². The van der Waals surface area contributed by atoms with Crippen LogP contribution in [0.1, 0.15) is 26.3 Å². The number of nitro groups is 1. The lowest BCUT2D eigenvalue weighted by molar-refractivity contribution is -0.385. The summed E-state index contributed by atoms with van der Waals surface area (Å²) in [7, 11) is 1.44. The van der Waals surface area contributed by atoms with E-state index in [0.29, 0.717) is 23.2 Å². The van der Waals surface area contributed by atoms with Crippen LogP contribution in [0.4, 0.5) is 5.69 Å². The molecule has 0 radical (unpaired) electrons. The van der Waals surface area contributed by atoms with Gasteiger partial charge in [-0.25, -0.2) is 4.79 Å². The molecule has 8 nitrogen and oxygen atoms in total. The minimum atomic E-state index is -1.23. The summed E-state index contributed by atoms with van der Waals surface area (Å²) < 4.78 is 10.6. The van der Waals surface area contributed by atoms with Gasteiger partial charge in [0.25, 0.3) is 0 Å². The van der Waals surface area contributed by atoms with Crippen molar-refractivity contribution in [3.63, 3.8) is 0 Å². The molecule has 0 saturated carbocycles. The number of carboxylic acid groups (broad SMARTS) is 1. The van der Waals surface area contributed by atoms with Crippen LogP contribution in [0, 0.1) is 10.1 Å². The van der Waals surface area contributed by atoms with Crippen molar-refractivity contribution in [1.29, 1.82) is 0 Å². The van der Waals surface area contributed by atoms with Crippen molar-refractivity contribution in [2.45, 2.75) is 6.61 Å². The number of carbonyl (C=O) groups is 2. The van der Waals surface area contributed by atoms with E-state index in [1.807, 2.05) is 0 Å². The van der Waals surface area contributed by atoms with E-state index >= 15 is 0 Å². The third-order valence-corrected chi connectivity index (χ3v) is 3.23. The van der Waals surface area contributed by atoms with Gasteiger partial charge >= 0.3 is 11.7 Å². The predicted octanol–water partition coefficient (Wildman–Crippen LogP) is 2.69. The van der Waals surface area contributed by atoms with Crippen LogP contribution in [0.5, 0.6) is 11.5 Å². The van der Waals surface area contributed by atoms with E-state index < -0.39 is 10.9 Å². The highest BCUT2D eigenvalue weighted by Gasteiger charge is 2.18. The highest BCUT2D eigenvalue weighted by atomic mass is 16.6. The Morgan fingerprint density at radius 2 is 2.00 bits per heavy atom. The second-order valence-corrected chi connectivity index (χ2v) is 4.72. The van der Waals surface area contributed by atoms with E-state index in [0.717, 1.165) is 18.2 Å². The molecule has 0 aliphatic rings. The molecule has 0 aliphatic carbocycles. The molecule has 2 rings (SSSR count). The summed E-state index contributed by atoms with van der Waals surface area (Å²) in [6, 6.07) is 7.93. The number of rotatable bonds is 7. The Bertz CT molecular complexity index is 801. The highest BCUT2D eigenvalue weighted by Crippen LogP contribution is 2.30. The van der Waals surface area contributed by atoms with Gasteiger partial charge in [-0.3, -0.25) is 14.9 Å². The zero-order valence-corrected chi connectivity index (χ0v) is 12.6. The SMILES string of the molecule is COc1ccc(C=O)cc1COc1cc(C(=O)O)ccc1[N+](=O)[O-]. The fourth-order valence-electron chi connectivity index (χ4n) is 2.05. The van der Waals surface area contributed by atoms with Crippen molar-refractivity contribution in [2.24, 2.45) is 0 Å². The number of hydrogen-bond donors (Lipinski definition) is 1. The molecule has 8 heteroatoms. The first-order valence-electron chi connectivity index (χ1n) is 6.73. The number of carbonyl (C=O) groups excluding carboxylic acids is 1. The number of hydrogen-bond acceptors (Lipinski definition) is 6. The lowest BCUT2D eigenvalue weighted by Crippen LogP contribution is -2.04. The van der Waals surface area contributed by atoms with Gasteiger partial charge in [-0.1, -0.05) is 0 Å². The van der Waals surface area contributed by atoms with Crippen molar-refractivity contribution in [2.75, 3.05) is 7.11 Å². The van der Waals surface area contributed by atoms with E-state index in [1.165, 1.54) is 13.2 Å². The fourth-order valence-corrected chi connectivity index (χ4v) is 2.05. The van der Waals surface area contributed by atoms with Crippen molar-refractivity contribution in [3.8, 4) is 11.5 Å². The predicted molar refractivity (Wildman–Crippen MR) is 82.8 cm³/mol. The van der Waals surface area contributed by atoms with Crippen LogP contribution in [0.2, 0.25) is 0 Å². The Morgan fingerprint density at radius 1 is 1.25 bits per heavy atom. The minimum absolute atomic E-state index is 0.130.